The van der Waals surface area contributed by atoms with Crippen LogP contribution in [-0.4, -0.2) is 39.8 Å². The molecule has 36 heavy (non-hydrogen) atoms. The molecule has 0 atom stereocenters. The Hall–Kier alpha value is -4.40. The topological polar surface area (TPSA) is 97.9 Å². The zero-order valence-corrected chi connectivity index (χ0v) is 21.0. The summed E-state index contributed by atoms with van der Waals surface area (Å²) >= 11 is 0. The van der Waals surface area contributed by atoms with Crippen molar-refractivity contribution in [3.63, 3.8) is 0 Å². The lowest BCUT2D eigenvalue weighted by atomic mass is 10.1. The normalized spacial score (nSPS) is 14.9. The second-order valence-electron chi connectivity index (χ2n) is 9.36. The number of rotatable bonds is 5. The third kappa shape index (κ3) is 5.00. The number of hydrogen-bond acceptors (Lipinski definition) is 8. The Labute approximate surface area is 209 Å². The van der Waals surface area contributed by atoms with Gasteiger partial charge in [-0.2, -0.15) is 0 Å². The van der Waals surface area contributed by atoms with Crippen molar-refractivity contribution < 1.29 is 9.47 Å². The van der Waals surface area contributed by atoms with Crippen LogP contribution in [0.2, 0.25) is 0 Å². The maximum atomic E-state index is 6.11. The second kappa shape index (κ2) is 9.33. The molecule has 1 aliphatic rings. The van der Waals surface area contributed by atoms with Gasteiger partial charge < -0.3 is 24.7 Å². The molecule has 0 spiro atoms. The SMILES string of the molecule is CN=c1ccc(Oc2ccc(Nc3ncnc4ccc(NC5=NC(C)(C)CO5)cc34)cc2C)cn1C. The van der Waals surface area contributed by atoms with Crippen LogP contribution in [0.25, 0.3) is 10.9 Å². The smallest absolute Gasteiger partial charge is 0.289 e. The first-order chi connectivity index (χ1) is 17.3. The van der Waals surface area contributed by atoms with Crippen molar-refractivity contribution in [1.82, 2.24) is 14.5 Å². The largest absolute Gasteiger partial charge is 0.462 e. The molecule has 3 heterocycles. The highest BCUT2D eigenvalue weighted by Gasteiger charge is 2.26. The van der Waals surface area contributed by atoms with E-state index >= 15 is 0 Å². The fraction of sp³-hybridized carbons (Fsp3) is 0.259. The Balaban J connectivity index is 1.37. The third-order valence-corrected chi connectivity index (χ3v) is 5.83. The van der Waals surface area contributed by atoms with Gasteiger partial charge in [-0.05, 0) is 74.9 Å². The van der Waals surface area contributed by atoms with Crippen molar-refractivity contribution in [2.75, 3.05) is 24.3 Å². The number of pyridine rings is 1. The summed E-state index contributed by atoms with van der Waals surface area (Å²) in [4.78, 5) is 17.7. The van der Waals surface area contributed by atoms with Gasteiger partial charge in [0.25, 0.3) is 6.02 Å². The van der Waals surface area contributed by atoms with Crippen molar-refractivity contribution in [2.45, 2.75) is 26.3 Å². The minimum absolute atomic E-state index is 0.227. The van der Waals surface area contributed by atoms with Crippen LogP contribution in [0.1, 0.15) is 19.4 Å². The molecule has 2 N–H and O–H groups in total. The van der Waals surface area contributed by atoms with E-state index in [1.54, 1.807) is 13.4 Å². The highest BCUT2D eigenvalue weighted by atomic mass is 16.5. The van der Waals surface area contributed by atoms with E-state index in [0.29, 0.717) is 18.4 Å². The van der Waals surface area contributed by atoms with Gasteiger partial charge in [0.2, 0.25) is 0 Å². The molecule has 0 aliphatic carbocycles. The molecule has 4 aromatic rings. The van der Waals surface area contributed by atoms with Crippen molar-refractivity contribution in [3.8, 4) is 11.5 Å². The van der Waals surface area contributed by atoms with Gasteiger partial charge in [0.1, 0.15) is 35.7 Å². The second-order valence-corrected chi connectivity index (χ2v) is 9.36. The quantitative estimate of drug-likeness (QED) is 0.418. The number of aryl methyl sites for hydroxylation is 2. The monoisotopic (exact) mass is 483 g/mol. The lowest BCUT2D eigenvalue weighted by Crippen LogP contribution is -2.17. The lowest BCUT2D eigenvalue weighted by molar-refractivity contribution is 0.278. The zero-order chi connectivity index (χ0) is 25.3. The molecule has 9 nitrogen and oxygen atoms in total. The number of aliphatic imine (C=N–C) groups is 1. The summed E-state index contributed by atoms with van der Waals surface area (Å²) in [6.45, 7) is 6.64. The van der Waals surface area contributed by atoms with Gasteiger partial charge in [-0.3, -0.25) is 4.99 Å². The van der Waals surface area contributed by atoms with Gasteiger partial charge in [0, 0.05) is 37.1 Å². The van der Waals surface area contributed by atoms with Crippen LogP contribution in [0.3, 0.4) is 0 Å². The predicted molar refractivity (Wildman–Crippen MR) is 142 cm³/mol. The van der Waals surface area contributed by atoms with Crippen LogP contribution in [0.5, 0.6) is 11.5 Å². The predicted octanol–water partition coefficient (Wildman–Crippen LogP) is 4.92. The summed E-state index contributed by atoms with van der Waals surface area (Å²) < 4.78 is 13.7. The maximum Gasteiger partial charge on any atom is 0.289 e. The highest BCUT2D eigenvalue weighted by molar-refractivity contribution is 5.97. The number of hydrogen-bond donors (Lipinski definition) is 2. The van der Waals surface area contributed by atoms with Crippen LogP contribution in [0, 0.1) is 6.92 Å². The van der Waals surface area contributed by atoms with E-state index in [0.717, 1.165) is 44.8 Å². The Morgan fingerprint density at radius 1 is 1.03 bits per heavy atom. The summed E-state index contributed by atoms with van der Waals surface area (Å²) in [6.07, 6.45) is 3.47. The number of anilines is 3. The van der Waals surface area contributed by atoms with Gasteiger partial charge in [-0.15, -0.1) is 0 Å². The molecule has 2 aromatic heterocycles. The van der Waals surface area contributed by atoms with E-state index in [2.05, 4.69) is 30.6 Å². The Morgan fingerprint density at radius 2 is 1.83 bits per heavy atom. The van der Waals surface area contributed by atoms with E-state index in [-0.39, 0.29) is 5.54 Å². The van der Waals surface area contributed by atoms with Crippen LogP contribution < -0.4 is 20.9 Å². The summed E-state index contributed by atoms with van der Waals surface area (Å²) in [5.41, 5.74) is 4.23. The lowest BCUT2D eigenvalue weighted by Gasteiger charge is -2.13. The summed E-state index contributed by atoms with van der Waals surface area (Å²) in [5.74, 6) is 2.23. The molecule has 184 valence electrons. The number of benzene rings is 2. The van der Waals surface area contributed by atoms with Crippen LogP contribution in [0.4, 0.5) is 17.2 Å². The standard InChI is InChI=1S/C27H29N7O2/c1-17-12-18(7-10-23(17)36-20-8-11-24(28-4)34(5)14-20)31-25-21-13-19(6-9-22(21)29-16-30-25)32-26-33-27(2,3)15-35-26/h6-14,16H,15H2,1-5H3,(H,32,33)(H,29,30,31). The highest BCUT2D eigenvalue weighted by Crippen LogP contribution is 2.30. The fourth-order valence-electron chi connectivity index (χ4n) is 3.98. The van der Waals surface area contributed by atoms with Crippen molar-refractivity contribution >= 4 is 34.1 Å². The molecule has 0 amide bonds. The van der Waals surface area contributed by atoms with Gasteiger partial charge in [0.05, 0.1) is 11.1 Å². The van der Waals surface area contributed by atoms with E-state index in [1.165, 1.54) is 0 Å². The number of nitrogens with one attached hydrogen (secondary N) is 2. The Bertz CT molecular complexity index is 1540. The van der Waals surface area contributed by atoms with E-state index in [4.69, 9.17) is 9.47 Å². The molecular weight excluding hydrogens is 454 g/mol. The van der Waals surface area contributed by atoms with Gasteiger partial charge in [-0.25, -0.2) is 15.0 Å². The van der Waals surface area contributed by atoms with Crippen LogP contribution in [0.15, 0.2) is 71.0 Å². The molecule has 5 rings (SSSR count). The van der Waals surface area contributed by atoms with Crippen molar-refractivity contribution in [1.29, 1.82) is 0 Å². The minimum Gasteiger partial charge on any atom is -0.462 e. The third-order valence-electron chi connectivity index (χ3n) is 5.83. The minimum atomic E-state index is -0.227. The van der Waals surface area contributed by atoms with Gasteiger partial charge >= 0.3 is 0 Å². The molecule has 0 unspecified atom stereocenters. The average Bonchev–Trinajstić information content (AvgIpc) is 3.19. The number of ether oxygens (including phenoxy) is 2. The number of nitrogens with zero attached hydrogens (tertiary/aromatic N) is 5. The van der Waals surface area contributed by atoms with E-state index in [1.807, 2.05) is 87.1 Å². The van der Waals surface area contributed by atoms with Gasteiger partial charge in [-0.1, -0.05) is 0 Å². The number of aromatic nitrogens is 3. The number of fused-ring (bicyclic) bond motifs is 1. The zero-order valence-electron chi connectivity index (χ0n) is 21.0. The molecule has 0 saturated carbocycles. The molecular formula is C27H29N7O2. The summed E-state index contributed by atoms with van der Waals surface area (Å²) in [5, 5.41) is 7.56. The summed E-state index contributed by atoms with van der Waals surface area (Å²) in [6, 6.07) is 16.2. The number of amidine groups is 1. The molecule has 0 radical (unpaired) electrons. The first-order valence-corrected chi connectivity index (χ1v) is 11.7. The first-order valence-electron chi connectivity index (χ1n) is 11.7. The molecule has 0 bridgehead atoms. The Kier molecular flexibility index (Phi) is 6.05. The average molecular weight is 484 g/mol. The molecule has 0 saturated heterocycles. The van der Waals surface area contributed by atoms with E-state index < -0.39 is 0 Å². The van der Waals surface area contributed by atoms with Crippen molar-refractivity contribution in [3.05, 3.63) is 72.1 Å². The molecule has 9 heteroatoms. The molecule has 0 fully saturated rings. The fourth-order valence-corrected chi connectivity index (χ4v) is 3.98. The van der Waals surface area contributed by atoms with E-state index in [9.17, 15) is 0 Å². The first kappa shape index (κ1) is 23.3. The summed E-state index contributed by atoms with van der Waals surface area (Å²) in [7, 11) is 3.71. The molecule has 1 aliphatic heterocycles. The van der Waals surface area contributed by atoms with Crippen molar-refractivity contribution in [2.24, 2.45) is 17.0 Å². The van der Waals surface area contributed by atoms with Crippen LogP contribution in [-0.2, 0) is 11.8 Å². The molecule has 2 aromatic carbocycles. The Morgan fingerprint density at radius 3 is 2.56 bits per heavy atom. The van der Waals surface area contributed by atoms with Gasteiger partial charge in [0.15, 0.2) is 0 Å². The van der Waals surface area contributed by atoms with Crippen LogP contribution >= 0.6 is 0 Å². The maximum absolute atomic E-state index is 6.11.